The molecular weight excluding hydrogens is 457 g/mol. The molecule has 2 atom stereocenters. The van der Waals surface area contributed by atoms with Gasteiger partial charge in [0.1, 0.15) is 0 Å². The number of carbonyl (C=O) groups is 1. The lowest BCUT2D eigenvalue weighted by molar-refractivity contribution is -0.149. The average molecular weight is 487 g/mol. The molecule has 2 saturated heterocycles. The highest BCUT2D eigenvalue weighted by molar-refractivity contribution is 5.78. The summed E-state index contributed by atoms with van der Waals surface area (Å²) in [7, 11) is 1.78. The molecule has 0 aliphatic carbocycles. The number of rotatable bonds is 7. The normalized spacial score (nSPS) is 20.9. The molecular formula is C26H29F3N4O2. The molecule has 2 fully saturated rings. The molecule has 2 bridgehead atoms. The molecule has 9 heteroatoms. The third-order valence-corrected chi connectivity index (χ3v) is 6.52. The van der Waals surface area contributed by atoms with Gasteiger partial charge in [0.05, 0.1) is 35.9 Å². The van der Waals surface area contributed by atoms with Crippen molar-refractivity contribution in [3.05, 3.63) is 70.8 Å². The summed E-state index contributed by atoms with van der Waals surface area (Å²) in [6, 6.07) is 14.7. The van der Waals surface area contributed by atoms with Gasteiger partial charge in [-0.2, -0.15) is 18.4 Å². The van der Waals surface area contributed by atoms with Crippen LogP contribution in [0.5, 0.6) is 0 Å². The van der Waals surface area contributed by atoms with E-state index in [0.717, 1.165) is 42.9 Å². The fourth-order valence-electron chi connectivity index (χ4n) is 4.68. The lowest BCUT2D eigenvalue weighted by atomic mass is 10.1. The van der Waals surface area contributed by atoms with Crippen LogP contribution in [-0.4, -0.2) is 79.1 Å². The van der Waals surface area contributed by atoms with Crippen molar-refractivity contribution in [1.29, 1.82) is 5.26 Å². The van der Waals surface area contributed by atoms with Gasteiger partial charge in [-0.25, -0.2) is 0 Å². The van der Waals surface area contributed by atoms with Crippen molar-refractivity contribution in [3.63, 3.8) is 0 Å². The number of hydrogen-bond donors (Lipinski definition) is 0. The zero-order chi connectivity index (χ0) is 25.0. The molecule has 4 rings (SSSR count). The van der Waals surface area contributed by atoms with Crippen LogP contribution in [0.15, 0.2) is 48.5 Å². The zero-order valence-electron chi connectivity index (χ0n) is 19.7. The minimum atomic E-state index is -4.31. The van der Waals surface area contributed by atoms with Gasteiger partial charge in [0.2, 0.25) is 5.91 Å². The quantitative estimate of drug-likeness (QED) is 0.602. The summed E-state index contributed by atoms with van der Waals surface area (Å²) in [5.41, 5.74) is 1.82. The SMILES string of the molecule is CN(Cc1ccc(C#N)cc1)C(=O)CN1CC2CN(CCc3ccc(C(F)(F)F)cc3)CC(C1)O2. The van der Waals surface area contributed by atoms with Crippen molar-refractivity contribution < 1.29 is 22.7 Å². The van der Waals surface area contributed by atoms with E-state index in [-0.39, 0.29) is 18.1 Å². The van der Waals surface area contributed by atoms with Crippen LogP contribution in [0.2, 0.25) is 0 Å². The highest BCUT2D eigenvalue weighted by atomic mass is 19.4. The Morgan fingerprint density at radius 1 is 1.00 bits per heavy atom. The van der Waals surface area contributed by atoms with Crippen LogP contribution in [0, 0.1) is 11.3 Å². The van der Waals surface area contributed by atoms with Gasteiger partial charge in [0, 0.05) is 46.3 Å². The number of ether oxygens (including phenoxy) is 1. The number of halogens is 3. The molecule has 6 nitrogen and oxygen atoms in total. The monoisotopic (exact) mass is 486 g/mol. The maximum atomic E-state index is 12.8. The number of benzene rings is 2. The second kappa shape index (κ2) is 10.8. The number of morpholine rings is 2. The van der Waals surface area contributed by atoms with Crippen LogP contribution in [0.25, 0.3) is 0 Å². The van der Waals surface area contributed by atoms with Crippen molar-refractivity contribution in [2.24, 2.45) is 0 Å². The predicted molar refractivity (Wildman–Crippen MR) is 124 cm³/mol. The largest absolute Gasteiger partial charge is 0.416 e. The molecule has 2 aromatic carbocycles. The van der Waals surface area contributed by atoms with Gasteiger partial charge in [0.15, 0.2) is 0 Å². The molecule has 0 saturated carbocycles. The van der Waals surface area contributed by atoms with Gasteiger partial charge >= 0.3 is 6.18 Å². The number of alkyl halides is 3. The second-order valence-electron chi connectivity index (χ2n) is 9.34. The summed E-state index contributed by atoms with van der Waals surface area (Å²) >= 11 is 0. The number of likely N-dealkylation sites (N-methyl/N-ethyl adjacent to an activating group) is 1. The Labute approximate surface area is 203 Å². The Bertz CT molecular complexity index is 1040. The third kappa shape index (κ3) is 6.82. The third-order valence-electron chi connectivity index (χ3n) is 6.52. The Morgan fingerprint density at radius 3 is 2.14 bits per heavy atom. The van der Waals surface area contributed by atoms with E-state index >= 15 is 0 Å². The Hall–Kier alpha value is -2.93. The maximum absolute atomic E-state index is 12.8. The van der Waals surface area contributed by atoms with E-state index in [4.69, 9.17) is 10.00 Å². The number of fused-ring (bicyclic) bond motifs is 2. The van der Waals surface area contributed by atoms with Crippen molar-refractivity contribution >= 4 is 5.91 Å². The fourth-order valence-corrected chi connectivity index (χ4v) is 4.68. The fraction of sp³-hybridized carbons (Fsp3) is 0.462. The summed E-state index contributed by atoms with van der Waals surface area (Å²) in [6.45, 7) is 4.39. The molecule has 35 heavy (non-hydrogen) atoms. The van der Waals surface area contributed by atoms with Crippen molar-refractivity contribution in [1.82, 2.24) is 14.7 Å². The maximum Gasteiger partial charge on any atom is 0.416 e. The highest BCUT2D eigenvalue weighted by Gasteiger charge is 2.35. The molecule has 2 aromatic rings. The molecule has 2 unspecified atom stereocenters. The first-order valence-corrected chi connectivity index (χ1v) is 11.7. The summed E-state index contributed by atoms with van der Waals surface area (Å²) in [5.74, 6) is 0.0356. The molecule has 2 aliphatic heterocycles. The van der Waals surface area contributed by atoms with Crippen molar-refractivity contribution in [2.45, 2.75) is 31.3 Å². The Morgan fingerprint density at radius 2 is 1.57 bits per heavy atom. The molecule has 1 amide bonds. The van der Waals surface area contributed by atoms with Crippen LogP contribution in [0.4, 0.5) is 13.2 Å². The number of amides is 1. The van der Waals surface area contributed by atoms with Crippen LogP contribution < -0.4 is 0 Å². The summed E-state index contributed by atoms with van der Waals surface area (Å²) in [4.78, 5) is 18.9. The van der Waals surface area contributed by atoms with Gasteiger partial charge < -0.3 is 9.64 Å². The number of hydrogen-bond acceptors (Lipinski definition) is 5. The van der Waals surface area contributed by atoms with Crippen LogP contribution in [-0.2, 0) is 28.7 Å². The van der Waals surface area contributed by atoms with Crippen molar-refractivity contribution in [3.8, 4) is 6.07 Å². The van der Waals surface area contributed by atoms with Crippen molar-refractivity contribution in [2.75, 3.05) is 46.3 Å². The average Bonchev–Trinajstić information content (AvgIpc) is 2.82. The molecule has 0 aromatic heterocycles. The van der Waals surface area contributed by atoms with E-state index < -0.39 is 11.7 Å². The first-order chi connectivity index (χ1) is 16.7. The van der Waals surface area contributed by atoms with Gasteiger partial charge in [-0.05, 0) is 41.8 Å². The van der Waals surface area contributed by atoms with Crippen LogP contribution in [0.3, 0.4) is 0 Å². The molecule has 2 aliphatic rings. The minimum Gasteiger partial charge on any atom is -0.370 e. The first kappa shape index (κ1) is 25.2. The second-order valence-corrected chi connectivity index (χ2v) is 9.34. The van der Waals surface area contributed by atoms with Gasteiger partial charge in [-0.1, -0.05) is 24.3 Å². The molecule has 0 spiro atoms. The number of nitriles is 1. The lowest BCUT2D eigenvalue weighted by Gasteiger charge is -2.45. The Balaban J connectivity index is 1.23. The molecule has 0 N–H and O–H groups in total. The number of nitrogens with zero attached hydrogens (tertiary/aromatic N) is 4. The van der Waals surface area contributed by atoms with Gasteiger partial charge in [0.25, 0.3) is 0 Å². The van der Waals surface area contributed by atoms with E-state index in [1.807, 2.05) is 12.1 Å². The lowest BCUT2D eigenvalue weighted by Crippen LogP contribution is -2.60. The van der Waals surface area contributed by atoms with Gasteiger partial charge in [-0.3, -0.25) is 14.6 Å². The van der Waals surface area contributed by atoms with Crippen LogP contribution >= 0.6 is 0 Å². The van der Waals surface area contributed by atoms with E-state index in [0.29, 0.717) is 38.2 Å². The molecule has 186 valence electrons. The summed E-state index contributed by atoms with van der Waals surface area (Å²) in [5, 5.41) is 8.91. The first-order valence-electron chi connectivity index (χ1n) is 11.7. The van der Waals surface area contributed by atoms with E-state index in [9.17, 15) is 18.0 Å². The standard InChI is InChI=1S/C26H29F3N4O2/c1-31(13-21-4-2-20(12-30)3-5-21)25(34)18-33-16-23-14-32(15-24(17-33)35-23)11-10-19-6-8-22(9-7-19)26(27,28)29/h2-9,23-24H,10-11,13-18H2,1H3. The van der Waals surface area contributed by atoms with E-state index in [1.165, 1.54) is 0 Å². The molecule has 2 heterocycles. The number of carbonyl (C=O) groups excluding carboxylic acids is 1. The van der Waals surface area contributed by atoms with Crippen LogP contribution in [0.1, 0.15) is 22.3 Å². The highest BCUT2D eigenvalue weighted by Crippen LogP contribution is 2.29. The summed E-state index contributed by atoms with van der Waals surface area (Å²) in [6.07, 6.45) is -3.62. The summed E-state index contributed by atoms with van der Waals surface area (Å²) < 4.78 is 44.3. The van der Waals surface area contributed by atoms with E-state index in [1.54, 1.807) is 36.2 Å². The minimum absolute atomic E-state index is 0.00624. The zero-order valence-corrected chi connectivity index (χ0v) is 19.7. The van der Waals surface area contributed by atoms with Gasteiger partial charge in [-0.15, -0.1) is 0 Å². The Kier molecular flexibility index (Phi) is 7.75. The van der Waals surface area contributed by atoms with E-state index in [2.05, 4.69) is 15.9 Å². The topological polar surface area (TPSA) is 59.8 Å². The molecule has 0 radical (unpaired) electrons. The smallest absolute Gasteiger partial charge is 0.370 e. The predicted octanol–water partition coefficient (Wildman–Crippen LogP) is 3.16.